The van der Waals surface area contributed by atoms with Crippen LogP contribution in [0.15, 0.2) is 0 Å². The molecule has 5 aliphatic rings. The predicted octanol–water partition coefficient (Wildman–Crippen LogP) is 5.99. The first-order chi connectivity index (χ1) is 38.0. The number of fused-ring (bicyclic) bond motifs is 2. The summed E-state index contributed by atoms with van der Waals surface area (Å²) in [6.45, 7) is 10.4. The number of esters is 3. The molecule has 0 radical (unpaired) electrons. The van der Waals surface area contributed by atoms with Crippen molar-refractivity contribution in [1.82, 2.24) is 0 Å². The molecule has 0 aromatic carbocycles. The molecule has 0 aromatic heterocycles. The van der Waals surface area contributed by atoms with Crippen molar-refractivity contribution in [3.05, 3.63) is 0 Å². The lowest BCUT2D eigenvalue weighted by molar-refractivity contribution is -0.388. The topological polar surface area (TPSA) is 294 Å². The fourth-order valence-corrected chi connectivity index (χ4v) is 11.2. The number of aliphatic hydroxyl groups excluding tert-OH is 7. The second-order valence-electron chi connectivity index (χ2n) is 22.8. The highest BCUT2D eigenvalue weighted by Crippen LogP contribution is 2.37. The zero-order valence-electron chi connectivity index (χ0n) is 48.3. The SMILES string of the molecule is CCCCCCCCCC(=O)O[C@@H]1[C@@H](O)[C@@H](O)[C@H](O[C@@H]2[C@@H](OC(=O)CCCCCCC)[C@@H](O)[C@H](O[C@@H]3[C@@H](O)[C@H]4OC(=O)CCCCCCCCC[C@H](CCCCC)O[C@@H]5O[C@H](CO)[C@@H](O)[C@H](O)[C@H]5O[C@@H]4O[C@H]3C)O[C@H]2C)O[C@H]1C. The normalized spacial score (nSPS) is 38.3. The van der Waals surface area contributed by atoms with E-state index in [2.05, 4.69) is 20.8 Å². The first-order valence-corrected chi connectivity index (χ1v) is 30.5. The molecule has 21 nitrogen and oxygen atoms in total. The average molecular weight is 1140 g/mol. The highest BCUT2D eigenvalue weighted by molar-refractivity contribution is 5.70. The monoisotopic (exact) mass is 1130 g/mol. The molecular formula is C58H102O21. The van der Waals surface area contributed by atoms with E-state index in [4.69, 9.17) is 52.1 Å². The Balaban J connectivity index is 1.35. The Kier molecular flexibility index (Phi) is 30.7. The Labute approximate surface area is 469 Å². The number of hydrogen-bond donors (Lipinski definition) is 7. The van der Waals surface area contributed by atoms with Crippen LogP contribution in [0.4, 0.5) is 0 Å². The van der Waals surface area contributed by atoms with Gasteiger partial charge >= 0.3 is 17.9 Å². The molecule has 0 unspecified atom stereocenters. The van der Waals surface area contributed by atoms with E-state index >= 15 is 0 Å². The molecule has 0 aliphatic carbocycles. The van der Waals surface area contributed by atoms with E-state index in [1.807, 2.05) is 0 Å². The molecule has 5 aliphatic heterocycles. The third-order valence-corrected chi connectivity index (χ3v) is 16.1. The number of unbranched alkanes of at least 4 members (excludes halogenated alkanes) is 12. The summed E-state index contributed by atoms with van der Waals surface area (Å²) in [5.74, 6) is -1.87. The Morgan fingerprint density at radius 3 is 1.61 bits per heavy atom. The second kappa shape index (κ2) is 35.8. The van der Waals surface area contributed by atoms with Crippen LogP contribution < -0.4 is 0 Å². The van der Waals surface area contributed by atoms with Gasteiger partial charge in [-0.05, 0) is 52.9 Å². The van der Waals surface area contributed by atoms with Crippen LogP contribution in [-0.2, 0) is 66.5 Å². The summed E-state index contributed by atoms with van der Waals surface area (Å²) in [5, 5.41) is 80.1. The van der Waals surface area contributed by atoms with Gasteiger partial charge in [0.15, 0.2) is 43.5 Å². The molecule has 7 N–H and O–H groups in total. The maximum absolute atomic E-state index is 13.6. The summed E-state index contributed by atoms with van der Waals surface area (Å²) >= 11 is 0. The molecule has 79 heavy (non-hydrogen) atoms. The lowest BCUT2D eigenvalue weighted by Gasteiger charge is -2.49. The van der Waals surface area contributed by atoms with E-state index in [9.17, 15) is 50.1 Å². The summed E-state index contributed by atoms with van der Waals surface area (Å²) in [6.07, 6.45) is -8.17. The van der Waals surface area contributed by atoms with Crippen molar-refractivity contribution in [1.29, 1.82) is 0 Å². The zero-order valence-corrected chi connectivity index (χ0v) is 48.3. The number of carbonyl (C=O) groups is 3. The minimum Gasteiger partial charge on any atom is -0.457 e. The molecule has 0 amide bonds. The summed E-state index contributed by atoms with van der Waals surface area (Å²) in [6, 6.07) is 0. The Morgan fingerprint density at radius 1 is 0.481 bits per heavy atom. The van der Waals surface area contributed by atoms with Gasteiger partial charge in [-0.3, -0.25) is 14.4 Å². The first kappa shape index (κ1) is 67.6. The van der Waals surface area contributed by atoms with Crippen molar-refractivity contribution in [3.8, 4) is 0 Å². The summed E-state index contributed by atoms with van der Waals surface area (Å²) in [7, 11) is 0. The van der Waals surface area contributed by atoms with E-state index in [1.165, 1.54) is 13.3 Å². The molecule has 5 heterocycles. The van der Waals surface area contributed by atoms with Crippen LogP contribution in [-0.4, -0.2) is 189 Å². The van der Waals surface area contributed by atoms with Crippen molar-refractivity contribution >= 4 is 17.9 Å². The van der Waals surface area contributed by atoms with Crippen molar-refractivity contribution in [2.45, 2.75) is 344 Å². The van der Waals surface area contributed by atoms with Crippen molar-refractivity contribution in [2.24, 2.45) is 0 Å². The molecule has 0 spiro atoms. The lowest BCUT2D eigenvalue weighted by Crippen LogP contribution is -2.67. The van der Waals surface area contributed by atoms with Gasteiger partial charge in [0.2, 0.25) is 0 Å². The molecule has 0 aromatic rings. The minimum atomic E-state index is -1.83. The van der Waals surface area contributed by atoms with Gasteiger partial charge in [0.1, 0.15) is 61.0 Å². The van der Waals surface area contributed by atoms with Crippen LogP contribution in [0.3, 0.4) is 0 Å². The molecule has 5 rings (SSSR count). The summed E-state index contributed by atoms with van der Waals surface area (Å²) < 4.78 is 67.9. The second-order valence-corrected chi connectivity index (χ2v) is 22.8. The van der Waals surface area contributed by atoms with Crippen LogP contribution in [0.5, 0.6) is 0 Å². The maximum atomic E-state index is 13.6. The van der Waals surface area contributed by atoms with Gasteiger partial charge in [0.25, 0.3) is 0 Å². The van der Waals surface area contributed by atoms with Gasteiger partial charge in [-0.25, -0.2) is 0 Å². The number of hydrogen-bond acceptors (Lipinski definition) is 21. The van der Waals surface area contributed by atoms with Crippen molar-refractivity contribution in [2.75, 3.05) is 6.61 Å². The first-order valence-electron chi connectivity index (χ1n) is 30.5. The molecule has 21 heteroatoms. The van der Waals surface area contributed by atoms with Crippen LogP contribution in [0.1, 0.15) is 215 Å². The van der Waals surface area contributed by atoms with Crippen molar-refractivity contribution in [3.63, 3.8) is 0 Å². The molecule has 5 fully saturated rings. The molecule has 21 atom stereocenters. The molecule has 460 valence electrons. The Bertz CT molecular complexity index is 1710. The van der Waals surface area contributed by atoms with Gasteiger partial charge in [-0.2, -0.15) is 0 Å². The predicted molar refractivity (Wildman–Crippen MR) is 286 cm³/mol. The Morgan fingerprint density at radius 2 is 0.987 bits per heavy atom. The third-order valence-electron chi connectivity index (χ3n) is 16.1. The molecule has 0 saturated carbocycles. The fraction of sp³-hybridized carbons (Fsp3) is 0.948. The highest BCUT2D eigenvalue weighted by atomic mass is 16.8. The largest absolute Gasteiger partial charge is 0.457 e. The summed E-state index contributed by atoms with van der Waals surface area (Å²) in [5.41, 5.74) is 0. The van der Waals surface area contributed by atoms with E-state index < -0.39 is 147 Å². The van der Waals surface area contributed by atoms with Crippen molar-refractivity contribution < 1.29 is 102 Å². The number of ether oxygens (including phenoxy) is 11. The molecular weight excluding hydrogens is 1030 g/mol. The van der Waals surface area contributed by atoms with Gasteiger partial charge in [0.05, 0.1) is 31.0 Å². The van der Waals surface area contributed by atoms with E-state index in [0.29, 0.717) is 32.1 Å². The number of carbonyl (C=O) groups excluding carboxylic acids is 3. The smallest absolute Gasteiger partial charge is 0.306 e. The molecule has 0 bridgehead atoms. The van der Waals surface area contributed by atoms with Crippen LogP contribution >= 0.6 is 0 Å². The van der Waals surface area contributed by atoms with Gasteiger partial charge in [0, 0.05) is 19.3 Å². The average Bonchev–Trinajstić information content (AvgIpc) is 3.45. The van der Waals surface area contributed by atoms with Crippen LogP contribution in [0, 0.1) is 0 Å². The van der Waals surface area contributed by atoms with E-state index in [1.54, 1.807) is 13.8 Å². The standard InChI is InChI=1S/C58H102O21/c1-7-10-13-15-17-22-27-31-40(60)74-49-35(4)69-55(46(66)45(49)65)78-51-37(6)70-56(48(68)52(51)75-41(61)32-26-20-14-11-8-2)77-50-36(5)71-57-54(47(50)67)76-42(62)33-28-23-19-16-18-21-25-30-38(29-24-12-9-3)72-58-53(79-57)44(64)43(63)39(34-59)73-58/h35-39,43-59,63-68H,7-34H2,1-6H3/t35-,36-,37-,38-,39+,43+,44-,45-,46+,47+,48+,49-,50-,51-,52-,53+,54+,55-,56-,57-,58+/m0/s1. The van der Waals surface area contributed by atoms with E-state index in [-0.39, 0.29) is 25.4 Å². The summed E-state index contributed by atoms with van der Waals surface area (Å²) in [4.78, 5) is 40.1. The lowest BCUT2D eigenvalue weighted by atomic mass is 9.95. The number of aliphatic hydroxyl groups is 7. The zero-order chi connectivity index (χ0) is 57.4. The molecule has 5 saturated heterocycles. The van der Waals surface area contributed by atoms with Crippen LogP contribution in [0.2, 0.25) is 0 Å². The quantitative estimate of drug-likeness (QED) is 0.0314. The van der Waals surface area contributed by atoms with Gasteiger partial charge in [-0.1, -0.05) is 143 Å². The highest BCUT2D eigenvalue weighted by Gasteiger charge is 2.56. The van der Waals surface area contributed by atoms with E-state index in [0.717, 1.165) is 116 Å². The third kappa shape index (κ3) is 20.8. The Hall–Kier alpha value is -2.19. The minimum absolute atomic E-state index is 0.00355. The van der Waals surface area contributed by atoms with Gasteiger partial charge < -0.3 is 87.9 Å². The van der Waals surface area contributed by atoms with Crippen LogP contribution in [0.25, 0.3) is 0 Å². The van der Waals surface area contributed by atoms with Gasteiger partial charge in [-0.15, -0.1) is 0 Å². The number of rotatable bonds is 25. The fourth-order valence-electron chi connectivity index (χ4n) is 11.2. The maximum Gasteiger partial charge on any atom is 0.306 e.